The zero-order valence-corrected chi connectivity index (χ0v) is 33.6. The minimum atomic E-state index is -0.990. The van der Waals surface area contributed by atoms with E-state index in [2.05, 4.69) is 26.2 Å². The lowest BCUT2D eigenvalue weighted by molar-refractivity contribution is -0.141. The predicted octanol–water partition coefficient (Wildman–Crippen LogP) is 2.79. The van der Waals surface area contributed by atoms with Crippen molar-refractivity contribution in [3.63, 3.8) is 0 Å². The van der Waals surface area contributed by atoms with Crippen LogP contribution in [-0.4, -0.2) is 117 Å². The average molecular weight is 801 g/mol. The molecule has 3 aromatic carbocycles. The van der Waals surface area contributed by atoms with Crippen molar-refractivity contribution in [2.45, 2.75) is 64.1 Å². The largest absolute Gasteiger partial charge is 0.496 e. The number of hydrogen-bond donors (Lipinski definition) is 5. The Morgan fingerprint density at radius 3 is 2.34 bits per heavy atom. The van der Waals surface area contributed by atoms with Crippen LogP contribution in [0.2, 0.25) is 0 Å². The summed E-state index contributed by atoms with van der Waals surface area (Å²) in [6.07, 6.45) is 2.96. The van der Waals surface area contributed by atoms with Crippen molar-refractivity contribution in [2.24, 2.45) is 5.92 Å². The molecule has 5 N–H and O–H groups in total. The highest BCUT2D eigenvalue weighted by atomic mass is 16.5. The van der Waals surface area contributed by atoms with Gasteiger partial charge in [0.1, 0.15) is 23.6 Å². The van der Waals surface area contributed by atoms with Crippen LogP contribution in [0.1, 0.15) is 60.5 Å². The van der Waals surface area contributed by atoms with E-state index in [0.717, 1.165) is 5.56 Å². The van der Waals surface area contributed by atoms with Crippen molar-refractivity contribution in [1.29, 1.82) is 0 Å². The maximum atomic E-state index is 14.0. The first-order chi connectivity index (χ1) is 28.1. The molecule has 15 heteroatoms. The van der Waals surface area contributed by atoms with E-state index in [1.807, 2.05) is 30.3 Å². The average Bonchev–Trinajstić information content (AvgIpc) is 3.23. The molecular weight excluding hydrogens is 745 g/mol. The SMILES string of the molecule is COc1cc2ccc1CNC(=O)[C@H](C)NC(=O)[C@H](CCc1ccccc1)NC(=O)CN(C(=O)C1CCN(CCO)CC1)CCCCNC(=O)c1ccc(OC)c(c1)O2. The Morgan fingerprint density at radius 1 is 0.862 bits per heavy atom. The van der Waals surface area contributed by atoms with Gasteiger partial charge in [-0.1, -0.05) is 30.3 Å². The van der Waals surface area contributed by atoms with E-state index in [9.17, 15) is 29.1 Å². The van der Waals surface area contributed by atoms with Crippen LogP contribution in [0.25, 0.3) is 0 Å². The molecule has 2 atom stereocenters. The molecule has 15 nitrogen and oxygen atoms in total. The number of piperidine rings is 1. The molecule has 4 bridgehead atoms. The van der Waals surface area contributed by atoms with Crippen molar-refractivity contribution in [1.82, 2.24) is 31.1 Å². The van der Waals surface area contributed by atoms with Gasteiger partial charge < -0.3 is 50.4 Å². The summed E-state index contributed by atoms with van der Waals surface area (Å²) in [5.41, 5.74) is 1.98. The highest BCUT2D eigenvalue weighted by Gasteiger charge is 2.31. The van der Waals surface area contributed by atoms with E-state index in [-0.39, 0.29) is 50.4 Å². The van der Waals surface area contributed by atoms with Crippen LogP contribution in [-0.2, 0) is 32.1 Å². The molecule has 3 aliphatic rings. The number of benzene rings is 3. The second kappa shape index (κ2) is 21.7. The van der Waals surface area contributed by atoms with Gasteiger partial charge in [0.15, 0.2) is 11.5 Å². The number of carbonyl (C=O) groups is 5. The van der Waals surface area contributed by atoms with Crippen LogP contribution in [0.3, 0.4) is 0 Å². The van der Waals surface area contributed by atoms with Crippen LogP contribution in [0.4, 0.5) is 0 Å². The van der Waals surface area contributed by atoms with E-state index in [1.54, 1.807) is 48.2 Å². The molecule has 0 aromatic heterocycles. The quantitative estimate of drug-likeness (QED) is 0.212. The van der Waals surface area contributed by atoms with Crippen LogP contribution in [0, 0.1) is 5.92 Å². The van der Waals surface area contributed by atoms with Gasteiger partial charge in [0.05, 0.1) is 27.4 Å². The number of ether oxygens (including phenoxy) is 3. The first-order valence-electron chi connectivity index (χ1n) is 19.9. The molecule has 0 unspecified atom stereocenters. The van der Waals surface area contributed by atoms with Crippen molar-refractivity contribution in [2.75, 3.05) is 60.1 Å². The lowest BCUT2D eigenvalue weighted by Gasteiger charge is -2.34. The standard InChI is InChI=1S/C43H56N6O9/c1-29-40(52)45-27-33-12-14-34(26-37(33)57-3)58-38-25-32(13-16-36(38)56-2)41(53)44-19-7-8-20-49(43(55)31-17-21-48(22-18-31)23-24-50)28-39(51)47-35(42(54)46-29)15-11-30-9-5-4-6-10-30/h4-6,9-10,12-14,16,25-26,29,31,35,50H,7-8,11,15,17-24,27-28H2,1-3H3,(H,44,53)(H,45,52)(H,46,54)(H,47,51)/t29-,35-/m0/s1. The first kappa shape index (κ1) is 43.5. The molecule has 5 amide bonds. The van der Waals surface area contributed by atoms with E-state index in [4.69, 9.17) is 14.2 Å². The number of fused-ring (bicyclic) bond motifs is 18. The number of likely N-dealkylation sites (tertiary alicyclic amines) is 1. The van der Waals surface area contributed by atoms with Crippen molar-refractivity contribution in [3.05, 3.63) is 83.4 Å². The summed E-state index contributed by atoms with van der Waals surface area (Å²) in [6, 6.07) is 17.6. The van der Waals surface area contributed by atoms with Gasteiger partial charge in [0, 0.05) is 49.3 Å². The molecule has 312 valence electrons. The van der Waals surface area contributed by atoms with Crippen molar-refractivity contribution < 1.29 is 43.3 Å². The summed E-state index contributed by atoms with van der Waals surface area (Å²) in [4.78, 5) is 71.7. The van der Waals surface area contributed by atoms with Crippen LogP contribution in [0.5, 0.6) is 23.0 Å². The third kappa shape index (κ3) is 12.4. The number of aliphatic hydroxyl groups is 1. The summed E-state index contributed by atoms with van der Waals surface area (Å²) in [5.74, 6) is -0.660. The van der Waals surface area contributed by atoms with E-state index in [0.29, 0.717) is 92.4 Å². The van der Waals surface area contributed by atoms with E-state index < -0.39 is 29.8 Å². The first-order valence-corrected chi connectivity index (χ1v) is 19.9. The number of aryl methyl sites for hydroxylation is 1. The highest BCUT2D eigenvalue weighted by Crippen LogP contribution is 2.35. The molecular formula is C43H56N6O9. The third-order valence-electron chi connectivity index (χ3n) is 10.5. The molecule has 3 aromatic rings. The Hall–Kier alpha value is -5.67. The highest BCUT2D eigenvalue weighted by molar-refractivity contribution is 5.95. The topological polar surface area (TPSA) is 188 Å². The smallest absolute Gasteiger partial charge is 0.251 e. The minimum absolute atomic E-state index is 0.0422. The number of carbonyl (C=O) groups excluding carboxylic acids is 5. The number of rotatable bonds is 8. The number of nitrogens with zero attached hydrogens (tertiary/aromatic N) is 2. The number of hydrogen-bond acceptors (Lipinski definition) is 10. The number of nitrogens with one attached hydrogen (secondary N) is 4. The monoisotopic (exact) mass is 800 g/mol. The zero-order valence-electron chi connectivity index (χ0n) is 33.6. The van der Waals surface area contributed by atoms with Crippen molar-refractivity contribution in [3.8, 4) is 23.0 Å². The maximum Gasteiger partial charge on any atom is 0.251 e. The normalized spacial score (nSPS) is 19.7. The molecule has 3 aliphatic heterocycles. The van der Waals surface area contributed by atoms with Crippen molar-refractivity contribution >= 4 is 29.5 Å². The number of β-amino-alcohol motifs (C(OH)–C–C–N with tert-alkyl or cyclic N) is 1. The minimum Gasteiger partial charge on any atom is -0.496 e. The Labute approximate surface area is 339 Å². The number of methoxy groups -OCH3 is 2. The molecule has 1 fully saturated rings. The lowest BCUT2D eigenvalue weighted by atomic mass is 9.95. The maximum absolute atomic E-state index is 14.0. The third-order valence-corrected chi connectivity index (χ3v) is 10.5. The number of amides is 5. The second-order valence-electron chi connectivity index (χ2n) is 14.6. The van der Waals surface area contributed by atoms with Gasteiger partial charge in [0.25, 0.3) is 5.91 Å². The molecule has 0 spiro atoms. The Morgan fingerprint density at radius 2 is 1.62 bits per heavy atom. The second-order valence-corrected chi connectivity index (χ2v) is 14.6. The molecule has 1 saturated heterocycles. The Kier molecular flexibility index (Phi) is 16.3. The Balaban J connectivity index is 1.38. The van der Waals surface area contributed by atoms with Gasteiger partial charge in [-0.05, 0) is 94.4 Å². The summed E-state index contributed by atoms with van der Waals surface area (Å²) < 4.78 is 17.2. The van der Waals surface area contributed by atoms with Gasteiger partial charge in [-0.25, -0.2) is 0 Å². The van der Waals surface area contributed by atoms with Gasteiger partial charge >= 0.3 is 0 Å². The molecule has 3 heterocycles. The molecule has 58 heavy (non-hydrogen) atoms. The molecule has 0 radical (unpaired) electrons. The van der Waals surface area contributed by atoms with Crippen LogP contribution < -0.4 is 35.5 Å². The molecule has 6 rings (SSSR count). The molecule has 0 aliphatic carbocycles. The summed E-state index contributed by atoms with van der Waals surface area (Å²) in [5, 5.41) is 20.8. The Bertz CT molecular complexity index is 1870. The van der Waals surface area contributed by atoms with Crippen LogP contribution in [0.15, 0.2) is 66.7 Å². The fourth-order valence-electron chi connectivity index (χ4n) is 7.11. The fourth-order valence-corrected chi connectivity index (χ4v) is 7.11. The summed E-state index contributed by atoms with van der Waals surface area (Å²) in [6.45, 7) is 3.88. The van der Waals surface area contributed by atoms with Gasteiger partial charge in [-0.15, -0.1) is 0 Å². The number of aliphatic hydroxyl groups excluding tert-OH is 1. The molecule has 0 saturated carbocycles. The van der Waals surface area contributed by atoms with E-state index in [1.165, 1.54) is 14.2 Å². The lowest BCUT2D eigenvalue weighted by Crippen LogP contribution is -2.54. The van der Waals surface area contributed by atoms with Gasteiger partial charge in [-0.3, -0.25) is 24.0 Å². The zero-order chi connectivity index (χ0) is 41.4. The van der Waals surface area contributed by atoms with Crippen LogP contribution >= 0.6 is 0 Å². The fraction of sp³-hybridized carbons (Fsp3) is 0.465. The summed E-state index contributed by atoms with van der Waals surface area (Å²) in [7, 11) is 3.00. The van der Waals surface area contributed by atoms with E-state index >= 15 is 0 Å². The summed E-state index contributed by atoms with van der Waals surface area (Å²) >= 11 is 0. The van der Waals surface area contributed by atoms with Gasteiger partial charge in [0.2, 0.25) is 23.6 Å². The van der Waals surface area contributed by atoms with Gasteiger partial charge in [-0.2, -0.15) is 0 Å². The predicted molar refractivity (Wildman–Crippen MR) is 217 cm³/mol.